The maximum absolute atomic E-state index is 11.9. The summed E-state index contributed by atoms with van der Waals surface area (Å²) in [5, 5.41) is 6.25. The van der Waals surface area contributed by atoms with Crippen molar-refractivity contribution in [1.82, 2.24) is 15.4 Å². The van der Waals surface area contributed by atoms with Gasteiger partial charge in [0, 0.05) is 33.3 Å². The summed E-state index contributed by atoms with van der Waals surface area (Å²) in [5.74, 6) is 1.18. The van der Waals surface area contributed by atoms with Gasteiger partial charge in [-0.25, -0.2) is 13.1 Å². The molecule has 8 heteroatoms. The Kier molecular flexibility index (Phi) is 6.67. The smallest absolute Gasteiger partial charge is 0.213 e. The third kappa shape index (κ3) is 6.27. The molecule has 0 bridgehead atoms. The molecule has 1 saturated carbocycles. The SMILES string of the molecule is CN=C(NCCS(=O)(=O)NCC1CCC1)NCC1(C)CCCO1. The van der Waals surface area contributed by atoms with Crippen LogP contribution in [0.25, 0.3) is 0 Å². The highest BCUT2D eigenvalue weighted by molar-refractivity contribution is 7.89. The molecule has 1 atom stereocenters. The topological polar surface area (TPSA) is 91.8 Å². The number of nitrogens with one attached hydrogen (secondary N) is 3. The molecule has 1 aliphatic carbocycles. The van der Waals surface area contributed by atoms with Crippen molar-refractivity contribution in [2.75, 3.05) is 39.0 Å². The molecular formula is C15H30N4O3S. The molecule has 23 heavy (non-hydrogen) atoms. The van der Waals surface area contributed by atoms with Crippen LogP contribution in [0.4, 0.5) is 0 Å². The molecular weight excluding hydrogens is 316 g/mol. The Balaban J connectivity index is 1.64. The van der Waals surface area contributed by atoms with Crippen molar-refractivity contribution >= 4 is 16.0 Å². The van der Waals surface area contributed by atoms with Crippen molar-refractivity contribution < 1.29 is 13.2 Å². The van der Waals surface area contributed by atoms with Crippen molar-refractivity contribution in [2.45, 2.75) is 44.6 Å². The van der Waals surface area contributed by atoms with Crippen LogP contribution in [0.5, 0.6) is 0 Å². The van der Waals surface area contributed by atoms with E-state index < -0.39 is 10.0 Å². The lowest BCUT2D eigenvalue weighted by Gasteiger charge is -2.25. The molecule has 1 aliphatic heterocycles. The minimum absolute atomic E-state index is 0.0498. The van der Waals surface area contributed by atoms with Gasteiger partial charge in [-0.3, -0.25) is 4.99 Å². The van der Waals surface area contributed by atoms with Crippen LogP contribution in [0, 0.1) is 5.92 Å². The Hall–Kier alpha value is -0.860. The Morgan fingerprint density at radius 1 is 1.30 bits per heavy atom. The van der Waals surface area contributed by atoms with E-state index >= 15 is 0 Å². The van der Waals surface area contributed by atoms with E-state index in [2.05, 4.69) is 27.3 Å². The number of guanidine groups is 1. The molecule has 0 aromatic rings. The van der Waals surface area contributed by atoms with Gasteiger partial charge in [-0.05, 0) is 38.5 Å². The second kappa shape index (κ2) is 8.30. The largest absolute Gasteiger partial charge is 0.373 e. The molecule has 7 nitrogen and oxygen atoms in total. The molecule has 0 amide bonds. The molecule has 2 fully saturated rings. The second-order valence-corrected chi connectivity index (χ2v) is 8.65. The highest BCUT2D eigenvalue weighted by Gasteiger charge is 2.29. The summed E-state index contributed by atoms with van der Waals surface area (Å²) in [6, 6.07) is 0. The number of hydrogen-bond acceptors (Lipinski definition) is 4. The fourth-order valence-electron chi connectivity index (χ4n) is 2.79. The summed E-state index contributed by atoms with van der Waals surface area (Å²) in [6.45, 7) is 4.45. The number of aliphatic imine (C=N–C) groups is 1. The molecule has 1 heterocycles. The molecule has 0 spiro atoms. The molecule has 2 aliphatic rings. The van der Waals surface area contributed by atoms with Gasteiger partial charge in [0.2, 0.25) is 10.0 Å². The second-order valence-electron chi connectivity index (χ2n) is 6.72. The zero-order valence-electron chi connectivity index (χ0n) is 14.2. The van der Waals surface area contributed by atoms with Crippen molar-refractivity contribution in [2.24, 2.45) is 10.9 Å². The highest BCUT2D eigenvalue weighted by atomic mass is 32.2. The van der Waals surface area contributed by atoms with Gasteiger partial charge in [-0.1, -0.05) is 6.42 Å². The van der Waals surface area contributed by atoms with Crippen LogP contribution in [-0.2, 0) is 14.8 Å². The van der Waals surface area contributed by atoms with Gasteiger partial charge < -0.3 is 15.4 Å². The van der Waals surface area contributed by atoms with E-state index in [9.17, 15) is 8.42 Å². The molecule has 3 N–H and O–H groups in total. The van der Waals surface area contributed by atoms with Crippen LogP contribution < -0.4 is 15.4 Å². The van der Waals surface area contributed by atoms with Crippen molar-refractivity contribution in [1.29, 1.82) is 0 Å². The van der Waals surface area contributed by atoms with Crippen LogP contribution in [-0.4, -0.2) is 59.0 Å². The number of ether oxygens (including phenoxy) is 1. The van der Waals surface area contributed by atoms with E-state index in [1.807, 2.05) is 0 Å². The Bertz CT molecular complexity index is 497. The van der Waals surface area contributed by atoms with Crippen molar-refractivity contribution in [3.05, 3.63) is 0 Å². The molecule has 1 saturated heterocycles. The fraction of sp³-hybridized carbons (Fsp3) is 0.933. The Morgan fingerprint density at radius 2 is 2.09 bits per heavy atom. The molecule has 0 aromatic carbocycles. The normalized spacial score (nSPS) is 26.1. The van der Waals surface area contributed by atoms with Crippen LogP contribution >= 0.6 is 0 Å². The monoisotopic (exact) mass is 346 g/mol. The molecule has 134 valence electrons. The maximum Gasteiger partial charge on any atom is 0.213 e. The standard InChI is InChI=1S/C15H30N4O3S/c1-15(7-4-9-22-15)12-18-14(16-2)17-8-10-23(20,21)19-11-13-5-3-6-13/h13,19H,3-12H2,1-2H3,(H2,16,17,18). The molecule has 0 aromatic heterocycles. The zero-order chi connectivity index (χ0) is 16.8. The molecule has 2 rings (SSSR count). The van der Waals surface area contributed by atoms with Gasteiger partial charge in [0.1, 0.15) is 0 Å². The van der Waals surface area contributed by atoms with E-state index in [0.717, 1.165) is 32.3 Å². The summed E-state index contributed by atoms with van der Waals surface area (Å²) in [6.07, 6.45) is 5.60. The highest BCUT2D eigenvalue weighted by Crippen LogP contribution is 2.25. The van der Waals surface area contributed by atoms with Gasteiger partial charge in [0.25, 0.3) is 0 Å². The Morgan fingerprint density at radius 3 is 2.65 bits per heavy atom. The predicted octanol–water partition coefficient (Wildman–Crippen LogP) is 0.440. The third-order valence-electron chi connectivity index (χ3n) is 4.63. The van der Waals surface area contributed by atoms with Crippen molar-refractivity contribution in [3.63, 3.8) is 0 Å². The van der Waals surface area contributed by atoms with E-state index in [0.29, 0.717) is 31.5 Å². The summed E-state index contributed by atoms with van der Waals surface area (Å²) in [5.41, 5.74) is -0.159. The zero-order valence-corrected chi connectivity index (χ0v) is 15.0. The van der Waals surface area contributed by atoms with Gasteiger partial charge in [-0.15, -0.1) is 0 Å². The lowest BCUT2D eigenvalue weighted by molar-refractivity contribution is 0.0243. The van der Waals surface area contributed by atoms with Gasteiger partial charge >= 0.3 is 0 Å². The van der Waals surface area contributed by atoms with Crippen LogP contribution in [0.3, 0.4) is 0 Å². The van der Waals surface area contributed by atoms with Crippen molar-refractivity contribution in [3.8, 4) is 0 Å². The summed E-state index contributed by atoms with van der Waals surface area (Å²) in [4.78, 5) is 4.12. The first-order chi connectivity index (χ1) is 10.9. The Labute approximate surface area is 139 Å². The maximum atomic E-state index is 11.9. The predicted molar refractivity (Wildman–Crippen MR) is 92.1 cm³/mol. The minimum Gasteiger partial charge on any atom is -0.373 e. The first kappa shape index (κ1) is 18.5. The number of rotatable bonds is 8. The van der Waals surface area contributed by atoms with Gasteiger partial charge in [0.15, 0.2) is 5.96 Å². The van der Waals surface area contributed by atoms with Crippen LogP contribution in [0.1, 0.15) is 39.0 Å². The van der Waals surface area contributed by atoms with E-state index in [-0.39, 0.29) is 11.4 Å². The summed E-state index contributed by atoms with van der Waals surface area (Å²) < 4.78 is 32.3. The number of sulfonamides is 1. The summed E-state index contributed by atoms with van der Waals surface area (Å²) in [7, 11) is -1.54. The first-order valence-electron chi connectivity index (χ1n) is 8.48. The average molecular weight is 346 g/mol. The van der Waals surface area contributed by atoms with E-state index in [1.54, 1.807) is 7.05 Å². The van der Waals surface area contributed by atoms with Crippen LogP contribution in [0.2, 0.25) is 0 Å². The van der Waals surface area contributed by atoms with E-state index in [1.165, 1.54) is 6.42 Å². The van der Waals surface area contributed by atoms with Gasteiger partial charge in [-0.2, -0.15) is 0 Å². The summed E-state index contributed by atoms with van der Waals surface area (Å²) >= 11 is 0. The third-order valence-corrected chi connectivity index (χ3v) is 5.98. The van der Waals surface area contributed by atoms with Crippen LogP contribution in [0.15, 0.2) is 4.99 Å². The quantitative estimate of drug-likeness (QED) is 0.438. The van der Waals surface area contributed by atoms with E-state index in [4.69, 9.17) is 4.74 Å². The lowest BCUT2D eigenvalue weighted by Crippen LogP contribution is -2.47. The lowest BCUT2D eigenvalue weighted by atomic mass is 9.86. The first-order valence-corrected chi connectivity index (χ1v) is 10.1. The fourth-order valence-corrected chi connectivity index (χ4v) is 3.79. The molecule has 1 unspecified atom stereocenters. The minimum atomic E-state index is -3.22. The number of nitrogens with zero attached hydrogens (tertiary/aromatic N) is 1. The number of hydrogen-bond donors (Lipinski definition) is 3. The average Bonchev–Trinajstić information content (AvgIpc) is 2.88. The molecule has 0 radical (unpaired) electrons. The van der Waals surface area contributed by atoms with Gasteiger partial charge in [0.05, 0.1) is 11.4 Å².